The highest BCUT2D eigenvalue weighted by atomic mass is 79.9. The molecule has 0 amide bonds. The van der Waals surface area contributed by atoms with Crippen LogP contribution in [0.5, 0.6) is 5.75 Å². The fourth-order valence-electron chi connectivity index (χ4n) is 1.84. The van der Waals surface area contributed by atoms with Crippen LogP contribution in [-0.4, -0.2) is 14.2 Å². The molecule has 0 fully saturated rings. The van der Waals surface area contributed by atoms with Gasteiger partial charge in [-0.2, -0.15) is 0 Å². The number of hydrogen-bond donors (Lipinski definition) is 1. The van der Waals surface area contributed by atoms with Crippen LogP contribution in [0.1, 0.15) is 11.1 Å². The molecule has 0 saturated heterocycles. The van der Waals surface area contributed by atoms with Gasteiger partial charge in [-0.05, 0) is 57.7 Å². The third-order valence-electron chi connectivity index (χ3n) is 2.87. The van der Waals surface area contributed by atoms with Gasteiger partial charge in [0.1, 0.15) is 5.75 Å². The van der Waals surface area contributed by atoms with E-state index in [2.05, 4.69) is 57.6 Å². The Morgan fingerprint density at radius 3 is 2.28 bits per heavy atom. The summed E-state index contributed by atoms with van der Waals surface area (Å²) in [5.74, 6) is 0.865. The third kappa shape index (κ3) is 3.05. The van der Waals surface area contributed by atoms with Crippen molar-refractivity contribution in [2.24, 2.45) is 0 Å². The first-order valence-electron chi connectivity index (χ1n) is 5.82. The van der Waals surface area contributed by atoms with Gasteiger partial charge in [-0.1, -0.05) is 18.2 Å². The lowest BCUT2D eigenvalue weighted by atomic mass is 10.0. The number of methoxy groups -OCH3 is 1. The van der Waals surface area contributed by atoms with Gasteiger partial charge in [0.2, 0.25) is 0 Å². The van der Waals surface area contributed by atoms with Crippen LogP contribution >= 0.6 is 15.9 Å². The van der Waals surface area contributed by atoms with Crippen molar-refractivity contribution in [3.05, 3.63) is 58.1 Å². The minimum absolute atomic E-state index is 0.865. The van der Waals surface area contributed by atoms with Gasteiger partial charge in [0, 0.05) is 12.7 Å². The van der Waals surface area contributed by atoms with E-state index in [4.69, 9.17) is 4.74 Å². The topological polar surface area (TPSA) is 21.3 Å². The predicted octanol–water partition coefficient (Wildman–Crippen LogP) is 4.09. The molecule has 3 heteroatoms. The maximum absolute atomic E-state index is 5.23. The Kier molecular flexibility index (Phi) is 4.26. The minimum atomic E-state index is 0.865. The first-order valence-corrected chi connectivity index (χ1v) is 6.61. The summed E-state index contributed by atoms with van der Waals surface area (Å²) < 4.78 is 6.22. The van der Waals surface area contributed by atoms with Crippen LogP contribution in [0.4, 0.5) is 5.69 Å². The summed E-state index contributed by atoms with van der Waals surface area (Å²) in [6.45, 7) is 0. The van der Waals surface area contributed by atoms with Crippen LogP contribution in [-0.2, 0) is 6.42 Å². The highest BCUT2D eigenvalue weighted by Crippen LogP contribution is 2.26. The molecule has 18 heavy (non-hydrogen) atoms. The quantitative estimate of drug-likeness (QED) is 0.918. The van der Waals surface area contributed by atoms with Crippen LogP contribution in [0.25, 0.3) is 0 Å². The second-order valence-corrected chi connectivity index (χ2v) is 4.95. The number of benzene rings is 2. The Labute approximate surface area is 116 Å². The zero-order valence-corrected chi connectivity index (χ0v) is 12.1. The number of ether oxygens (including phenoxy) is 1. The molecule has 0 aliphatic carbocycles. The molecule has 2 nitrogen and oxygen atoms in total. The second kappa shape index (κ2) is 5.91. The molecule has 0 aromatic heterocycles. The molecule has 0 bridgehead atoms. The molecular weight excluding hydrogens is 290 g/mol. The molecule has 0 spiro atoms. The summed E-state index contributed by atoms with van der Waals surface area (Å²) in [4.78, 5) is 0. The average Bonchev–Trinajstić information content (AvgIpc) is 2.40. The van der Waals surface area contributed by atoms with E-state index in [1.807, 2.05) is 13.1 Å². The van der Waals surface area contributed by atoms with Crippen molar-refractivity contribution in [2.75, 3.05) is 19.5 Å². The molecule has 0 aliphatic rings. The fourth-order valence-corrected chi connectivity index (χ4v) is 2.43. The van der Waals surface area contributed by atoms with Crippen molar-refractivity contribution in [1.82, 2.24) is 0 Å². The number of anilines is 1. The number of hydrogen-bond acceptors (Lipinski definition) is 2. The van der Waals surface area contributed by atoms with Crippen molar-refractivity contribution >= 4 is 21.6 Å². The van der Waals surface area contributed by atoms with E-state index in [1.165, 1.54) is 11.1 Å². The smallest absolute Gasteiger partial charge is 0.133 e. The van der Waals surface area contributed by atoms with E-state index in [0.29, 0.717) is 0 Å². The summed E-state index contributed by atoms with van der Waals surface area (Å²) in [6, 6.07) is 14.7. The van der Waals surface area contributed by atoms with Gasteiger partial charge in [0.25, 0.3) is 0 Å². The summed E-state index contributed by atoms with van der Waals surface area (Å²) in [5.41, 5.74) is 3.70. The van der Waals surface area contributed by atoms with E-state index in [-0.39, 0.29) is 0 Å². The van der Waals surface area contributed by atoms with Crippen molar-refractivity contribution in [3.8, 4) is 5.75 Å². The first-order chi connectivity index (χ1) is 8.72. The Balaban J connectivity index is 2.15. The highest BCUT2D eigenvalue weighted by Gasteiger charge is 2.02. The summed E-state index contributed by atoms with van der Waals surface area (Å²) in [7, 11) is 3.60. The zero-order chi connectivity index (χ0) is 13.0. The molecule has 0 unspecified atom stereocenters. The number of nitrogens with one attached hydrogen (secondary N) is 1. The van der Waals surface area contributed by atoms with Gasteiger partial charge in [-0.3, -0.25) is 0 Å². The molecule has 1 N–H and O–H groups in total. The SMILES string of the molecule is CNc1ccc(Cc2ccc(OC)c(Br)c2)cc1. The zero-order valence-electron chi connectivity index (χ0n) is 10.5. The predicted molar refractivity (Wildman–Crippen MR) is 79.5 cm³/mol. The molecular formula is C15H16BrNO. The Hall–Kier alpha value is -1.48. The normalized spacial score (nSPS) is 10.2. The number of halogens is 1. The molecule has 0 saturated carbocycles. The third-order valence-corrected chi connectivity index (χ3v) is 3.49. The maximum Gasteiger partial charge on any atom is 0.133 e. The van der Waals surface area contributed by atoms with E-state index >= 15 is 0 Å². The van der Waals surface area contributed by atoms with Crippen molar-refractivity contribution in [1.29, 1.82) is 0 Å². The largest absolute Gasteiger partial charge is 0.496 e. The van der Waals surface area contributed by atoms with Gasteiger partial charge in [-0.15, -0.1) is 0 Å². The monoisotopic (exact) mass is 305 g/mol. The standard InChI is InChI=1S/C15H16BrNO/c1-17-13-6-3-11(4-7-13)9-12-5-8-15(18-2)14(16)10-12/h3-8,10,17H,9H2,1-2H3. The average molecular weight is 306 g/mol. The molecule has 2 rings (SSSR count). The van der Waals surface area contributed by atoms with Crippen LogP contribution in [0, 0.1) is 0 Å². The van der Waals surface area contributed by atoms with Gasteiger partial charge < -0.3 is 10.1 Å². The fraction of sp³-hybridized carbons (Fsp3) is 0.200. The molecule has 2 aromatic carbocycles. The Morgan fingerprint density at radius 2 is 1.72 bits per heavy atom. The lowest BCUT2D eigenvalue weighted by Gasteiger charge is -2.07. The van der Waals surface area contributed by atoms with Crippen LogP contribution in [0.15, 0.2) is 46.9 Å². The van der Waals surface area contributed by atoms with Gasteiger partial charge >= 0.3 is 0 Å². The number of rotatable bonds is 4. The van der Waals surface area contributed by atoms with Crippen LogP contribution in [0.2, 0.25) is 0 Å². The molecule has 0 aliphatic heterocycles. The summed E-state index contributed by atoms with van der Waals surface area (Å²) >= 11 is 3.51. The minimum Gasteiger partial charge on any atom is -0.496 e. The first kappa shape index (κ1) is 13.0. The van der Waals surface area contributed by atoms with Crippen LogP contribution in [0.3, 0.4) is 0 Å². The van der Waals surface area contributed by atoms with E-state index < -0.39 is 0 Å². The van der Waals surface area contributed by atoms with Gasteiger partial charge in [0.15, 0.2) is 0 Å². The Morgan fingerprint density at radius 1 is 1.06 bits per heavy atom. The maximum atomic E-state index is 5.23. The molecule has 94 valence electrons. The molecule has 2 aromatic rings. The van der Waals surface area contributed by atoms with Gasteiger partial charge in [-0.25, -0.2) is 0 Å². The summed E-state index contributed by atoms with van der Waals surface area (Å²) in [6.07, 6.45) is 0.923. The van der Waals surface area contributed by atoms with Crippen molar-refractivity contribution in [3.63, 3.8) is 0 Å². The second-order valence-electron chi connectivity index (χ2n) is 4.09. The van der Waals surface area contributed by atoms with E-state index in [1.54, 1.807) is 7.11 Å². The molecule has 0 atom stereocenters. The van der Waals surface area contributed by atoms with Crippen LogP contribution < -0.4 is 10.1 Å². The van der Waals surface area contributed by atoms with Gasteiger partial charge in [0.05, 0.1) is 11.6 Å². The van der Waals surface area contributed by atoms with E-state index in [9.17, 15) is 0 Å². The lowest BCUT2D eigenvalue weighted by molar-refractivity contribution is 0.412. The molecule has 0 radical (unpaired) electrons. The lowest BCUT2D eigenvalue weighted by Crippen LogP contribution is -1.92. The summed E-state index contributed by atoms with van der Waals surface area (Å²) in [5, 5.41) is 3.12. The van der Waals surface area contributed by atoms with E-state index in [0.717, 1.165) is 22.3 Å². The Bertz CT molecular complexity index is 523. The molecule has 0 heterocycles. The van der Waals surface area contributed by atoms with Crippen molar-refractivity contribution < 1.29 is 4.74 Å². The van der Waals surface area contributed by atoms with Crippen molar-refractivity contribution in [2.45, 2.75) is 6.42 Å². The highest BCUT2D eigenvalue weighted by molar-refractivity contribution is 9.10.